The maximum Gasteiger partial charge on any atom is 0.0641 e. The first-order valence-electron chi connectivity index (χ1n) is 7.74. The minimum absolute atomic E-state index is 0.0244. The van der Waals surface area contributed by atoms with Gasteiger partial charge in [0.2, 0.25) is 0 Å². The molecular formula is C17H26N2O. The highest BCUT2D eigenvalue weighted by molar-refractivity contribution is 5.58. The normalized spacial score (nSPS) is 24.8. The lowest BCUT2D eigenvalue weighted by atomic mass is 9.94. The van der Waals surface area contributed by atoms with E-state index in [0.29, 0.717) is 6.04 Å². The van der Waals surface area contributed by atoms with Gasteiger partial charge < -0.3 is 15.0 Å². The summed E-state index contributed by atoms with van der Waals surface area (Å²) in [6.07, 6.45) is 3.40. The van der Waals surface area contributed by atoms with Crippen LogP contribution in [0.15, 0.2) is 18.2 Å². The Morgan fingerprint density at radius 2 is 2.25 bits per heavy atom. The Bertz CT molecular complexity index is 484. The van der Waals surface area contributed by atoms with Gasteiger partial charge in [-0.3, -0.25) is 0 Å². The van der Waals surface area contributed by atoms with Gasteiger partial charge in [0.25, 0.3) is 0 Å². The fraction of sp³-hybridized carbons (Fsp3) is 0.647. The lowest BCUT2D eigenvalue weighted by Crippen LogP contribution is -2.43. The summed E-state index contributed by atoms with van der Waals surface area (Å²) in [7, 11) is 2.17. The van der Waals surface area contributed by atoms with Crippen LogP contribution in [0.3, 0.4) is 0 Å². The summed E-state index contributed by atoms with van der Waals surface area (Å²) in [5, 5.41) is 3.70. The summed E-state index contributed by atoms with van der Waals surface area (Å²) < 4.78 is 5.77. The van der Waals surface area contributed by atoms with Gasteiger partial charge >= 0.3 is 0 Å². The van der Waals surface area contributed by atoms with E-state index in [1.165, 1.54) is 23.2 Å². The van der Waals surface area contributed by atoms with E-state index in [0.717, 1.165) is 32.5 Å². The van der Waals surface area contributed by atoms with Crippen LogP contribution in [0, 0.1) is 0 Å². The molecule has 2 aliphatic rings. The van der Waals surface area contributed by atoms with Gasteiger partial charge in [0, 0.05) is 38.5 Å². The molecule has 2 heterocycles. The first kappa shape index (κ1) is 13.9. The largest absolute Gasteiger partial charge is 0.375 e. The Hall–Kier alpha value is -1.06. The van der Waals surface area contributed by atoms with Crippen LogP contribution in [0.1, 0.15) is 37.8 Å². The quantitative estimate of drug-likeness (QED) is 0.917. The number of rotatable bonds is 3. The molecule has 1 N–H and O–H groups in total. The van der Waals surface area contributed by atoms with Crippen LogP contribution in [0.2, 0.25) is 0 Å². The molecule has 0 aliphatic carbocycles. The van der Waals surface area contributed by atoms with E-state index < -0.39 is 0 Å². The van der Waals surface area contributed by atoms with Crippen LogP contribution in [0.4, 0.5) is 5.69 Å². The van der Waals surface area contributed by atoms with Crippen molar-refractivity contribution in [2.24, 2.45) is 0 Å². The van der Waals surface area contributed by atoms with Gasteiger partial charge in [-0.25, -0.2) is 0 Å². The molecule has 1 aromatic rings. The second-order valence-corrected chi connectivity index (χ2v) is 6.81. The van der Waals surface area contributed by atoms with E-state index >= 15 is 0 Å². The van der Waals surface area contributed by atoms with E-state index in [9.17, 15) is 0 Å². The number of nitrogens with zero attached hydrogens (tertiary/aromatic N) is 1. The summed E-state index contributed by atoms with van der Waals surface area (Å²) in [6, 6.07) is 7.48. The van der Waals surface area contributed by atoms with Gasteiger partial charge in [0.05, 0.1) is 5.60 Å². The van der Waals surface area contributed by atoms with Crippen molar-refractivity contribution >= 4 is 5.69 Å². The van der Waals surface area contributed by atoms with Crippen molar-refractivity contribution in [2.75, 3.05) is 25.1 Å². The minimum atomic E-state index is 0.0244. The van der Waals surface area contributed by atoms with Gasteiger partial charge in [-0.2, -0.15) is 0 Å². The van der Waals surface area contributed by atoms with Crippen molar-refractivity contribution in [3.05, 3.63) is 29.3 Å². The first-order chi connectivity index (χ1) is 9.53. The number of benzene rings is 1. The van der Waals surface area contributed by atoms with E-state index in [1.54, 1.807) is 0 Å². The molecule has 1 aromatic carbocycles. The lowest BCUT2D eigenvalue weighted by molar-refractivity contribution is -0.0630. The Morgan fingerprint density at radius 3 is 3.05 bits per heavy atom. The fourth-order valence-electron chi connectivity index (χ4n) is 3.40. The van der Waals surface area contributed by atoms with E-state index in [4.69, 9.17) is 4.74 Å². The number of ether oxygens (including phenoxy) is 1. The second-order valence-electron chi connectivity index (χ2n) is 6.81. The summed E-state index contributed by atoms with van der Waals surface area (Å²) in [6.45, 7) is 7.37. The monoisotopic (exact) mass is 274 g/mol. The Kier molecular flexibility index (Phi) is 3.74. The molecule has 0 amide bonds. The molecule has 110 valence electrons. The predicted octanol–water partition coefficient (Wildman–Crippen LogP) is 2.73. The maximum atomic E-state index is 5.77. The third-order valence-corrected chi connectivity index (χ3v) is 4.56. The first-order valence-corrected chi connectivity index (χ1v) is 7.74. The van der Waals surface area contributed by atoms with Crippen LogP contribution in [-0.2, 0) is 17.7 Å². The predicted molar refractivity (Wildman–Crippen MR) is 83.3 cm³/mol. The summed E-state index contributed by atoms with van der Waals surface area (Å²) in [5.41, 5.74) is 4.33. The van der Waals surface area contributed by atoms with E-state index in [2.05, 4.69) is 49.3 Å². The molecule has 3 rings (SSSR count). The minimum Gasteiger partial charge on any atom is -0.375 e. The van der Waals surface area contributed by atoms with Crippen molar-refractivity contribution in [1.82, 2.24) is 5.32 Å². The molecule has 1 unspecified atom stereocenters. The highest BCUT2D eigenvalue weighted by Crippen LogP contribution is 2.28. The van der Waals surface area contributed by atoms with Gasteiger partial charge in [0.15, 0.2) is 0 Å². The third-order valence-electron chi connectivity index (χ3n) is 4.56. The molecule has 0 saturated carbocycles. The Labute approximate surface area is 122 Å². The number of anilines is 1. The number of hydrogen-bond donors (Lipinski definition) is 1. The molecule has 1 fully saturated rings. The van der Waals surface area contributed by atoms with Crippen LogP contribution in [0.25, 0.3) is 0 Å². The van der Waals surface area contributed by atoms with Crippen LogP contribution in [0.5, 0.6) is 0 Å². The zero-order valence-corrected chi connectivity index (χ0v) is 12.9. The standard InChI is InChI=1S/C17H26N2O/c1-17(2)11-15(7-9-20-17)18-12-13-4-5-16-14(10-13)6-8-19(16)3/h4-5,10,15,18H,6-9,11-12H2,1-3H3. The summed E-state index contributed by atoms with van der Waals surface area (Å²) in [5.74, 6) is 0. The third kappa shape index (κ3) is 2.99. The molecule has 1 atom stereocenters. The van der Waals surface area contributed by atoms with Crippen molar-refractivity contribution in [3.63, 3.8) is 0 Å². The van der Waals surface area contributed by atoms with E-state index in [1.807, 2.05) is 0 Å². The van der Waals surface area contributed by atoms with E-state index in [-0.39, 0.29) is 5.60 Å². The summed E-state index contributed by atoms with van der Waals surface area (Å²) >= 11 is 0. The topological polar surface area (TPSA) is 24.5 Å². The smallest absolute Gasteiger partial charge is 0.0641 e. The van der Waals surface area contributed by atoms with Crippen molar-refractivity contribution in [2.45, 2.75) is 51.3 Å². The molecule has 0 spiro atoms. The average molecular weight is 274 g/mol. The molecule has 2 aliphatic heterocycles. The van der Waals surface area contributed by atoms with Crippen LogP contribution in [-0.4, -0.2) is 31.8 Å². The van der Waals surface area contributed by atoms with Gasteiger partial charge in [-0.15, -0.1) is 0 Å². The molecule has 0 aromatic heterocycles. The number of hydrogen-bond acceptors (Lipinski definition) is 3. The SMILES string of the molecule is CN1CCc2cc(CNC3CCOC(C)(C)C3)ccc21. The highest BCUT2D eigenvalue weighted by Gasteiger charge is 2.28. The molecule has 3 heteroatoms. The summed E-state index contributed by atoms with van der Waals surface area (Å²) in [4.78, 5) is 2.34. The molecular weight excluding hydrogens is 248 g/mol. The Balaban J connectivity index is 1.59. The average Bonchev–Trinajstić information content (AvgIpc) is 2.77. The van der Waals surface area contributed by atoms with Gasteiger partial charge in [-0.05, 0) is 50.3 Å². The van der Waals surface area contributed by atoms with Crippen LogP contribution >= 0.6 is 0 Å². The Morgan fingerprint density at radius 1 is 1.40 bits per heavy atom. The molecule has 0 bridgehead atoms. The zero-order chi connectivity index (χ0) is 14.2. The van der Waals surface area contributed by atoms with Crippen molar-refractivity contribution < 1.29 is 4.74 Å². The van der Waals surface area contributed by atoms with Gasteiger partial charge in [-0.1, -0.05) is 12.1 Å². The molecule has 3 nitrogen and oxygen atoms in total. The molecule has 20 heavy (non-hydrogen) atoms. The van der Waals surface area contributed by atoms with Gasteiger partial charge in [0.1, 0.15) is 0 Å². The fourth-order valence-corrected chi connectivity index (χ4v) is 3.40. The van der Waals surface area contributed by atoms with Crippen LogP contribution < -0.4 is 10.2 Å². The lowest BCUT2D eigenvalue weighted by Gasteiger charge is -2.36. The number of fused-ring (bicyclic) bond motifs is 1. The highest BCUT2D eigenvalue weighted by atomic mass is 16.5. The molecule has 0 radical (unpaired) electrons. The van der Waals surface area contributed by atoms with Crippen molar-refractivity contribution in [1.29, 1.82) is 0 Å². The number of nitrogens with one attached hydrogen (secondary N) is 1. The molecule has 1 saturated heterocycles. The second kappa shape index (κ2) is 5.38. The number of likely N-dealkylation sites (N-methyl/N-ethyl adjacent to an activating group) is 1. The van der Waals surface area contributed by atoms with Crippen molar-refractivity contribution in [3.8, 4) is 0 Å². The zero-order valence-electron chi connectivity index (χ0n) is 12.9. The maximum absolute atomic E-state index is 5.77.